The molecule has 0 radical (unpaired) electrons. The van der Waals surface area contributed by atoms with Crippen molar-refractivity contribution in [2.24, 2.45) is 57.3 Å². The van der Waals surface area contributed by atoms with E-state index in [-0.39, 0.29) is 108 Å². The number of H-pyrrole nitrogens is 2. The first kappa shape index (κ1) is 85.8. The SMILES string of the molecule is C[C@@H]1CC(=O)[C@@H]2CSSC[C@H](NC(=O)[C@H](Cc3c[nH]c4ccccc34)NC(=O)[C@H](CCCCN)NC(=O)[C@H](CCCCN)NC(=O)[C@H](CCCCN)CC1=O)C(=O)N[C@@H](C)C(=O)N[C@@H](Cc1cnc[nH]1)C(=O)N[C@H](Cc1ccccc1)C(=O)N[C@@H](CCCN=C(N)N)C(=O)C[C@@H](Cc1cccc3ccccc13)C(=O)C2. The van der Waals surface area contributed by atoms with Crippen LogP contribution < -0.4 is 71.2 Å². The normalized spacial score (nSPS) is 24.2. The number of para-hydroxylation sites is 1. The summed E-state index contributed by atoms with van der Waals surface area (Å²) in [5.41, 5.74) is 32.3. The Bertz CT molecular complexity index is 4130. The molecule has 2 aliphatic rings. The fourth-order valence-electron chi connectivity index (χ4n) is 13.7. The number of amides is 8. The van der Waals surface area contributed by atoms with E-state index in [0.29, 0.717) is 71.8 Å². The minimum Gasteiger partial charge on any atom is -0.370 e. The van der Waals surface area contributed by atoms with E-state index in [1.54, 1.807) is 49.5 Å². The number of aromatic amines is 2. The number of unbranched alkanes of at least 4 members (excludes halogenated alkanes) is 3. The van der Waals surface area contributed by atoms with Crippen LogP contribution in [0.1, 0.15) is 133 Å². The molecule has 110 heavy (non-hydrogen) atoms. The van der Waals surface area contributed by atoms with Crippen LogP contribution >= 0.6 is 21.6 Å². The highest BCUT2D eigenvalue weighted by atomic mass is 33.1. The molecule has 2 aromatic heterocycles. The number of nitrogens with zero attached hydrogens (tertiary/aromatic N) is 2. The number of guanidine groups is 1. The van der Waals surface area contributed by atoms with Crippen molar-refractivity contribution in [1.29, 1.82) is 0 Å². The van der Waals surface area contributed by atoms with E-state index in [0.717, 1.165) is 32.4 Å². The molecule has 592 valence electrons. The number of Topliss-reactive ketones (excluding diaryl/α,β-unsaturated/α-hetero) is 4. The Morgan fingerprint density at radius 3 is 1.67 bits per heavy atom. The topological polar surface area (TPSA) is 488 Å². The van der Waals surface area contributed by atoms with Gasteiger partial charge < -0.3 is 81.2 Å². The van der Waals surface area contributed by atoms with Gasteiger partial charge in [0.2, 0.25) is 47.3 Å². The Labute approximate surface area is 648 Å². The zero-order valence-corrected chi connectivity index (χ0v) is 64.2. The Morgan fingerprint density at radius 2 is 1.00 bits per heavy atom. The summed E-state index contributed by atoms with van der Waals surface area (Å²) in [4.78, 5) is 196. The van der Waals surface area contributed by atoms with Crippen molar-refractivity contribution in [3.8, 4) is 0 Å². The molecule has 31 heteroatoms. The number of carbonyl (C=O) groups is 12. The van der Waals surface area contributed by atoms with Crippen LogP contribution in [0.4, 0.5) is 0 Å². The molecule has 20 N–H and O–H groups in total. The average Bonchev–Trinajstić information content (AvgIpc) is 1.45. The van der Waals surface area contributed by atoms with Gasteiger partial charge in [0.1, 0.15) is 59.6 Å². The third-order valence-electron chi connectivity index (χ3n) is 20.1. The predicted molar refractivity (Wildman–Crippen MR) is 425 cm³/mol. The van der Waals surface area contributed by atoms with Crippen LogP contribution in [0.5, 0.6) is 0 Å². The number of benzene rings is 4. The molecule has 4 aromatic carbocycles. The Hall–Kier alpha value is -9.82. The van der Waals surface area contributed by atoms with Crippen molar-refractivity contribution in [2.45, 2.75) is 184 Å². The number of aromatic nitrogens is 3. The summed E-state index contributed by atoms with van der Waals surface area (Å²) < 4.78 is 0. The van der Waals surface area contributed by atoms with Crippen LogP contribution in [-0.2, 0) is 83.2 Å². The summed E-state index contributed by atoms with van der Waals surface area (Å²) in [6.45, 7) is 3.78. The molecular formula is C79H107N17O12S2. The summed E-state index contributed by atoms with van der Waals surface area (Å²) in [5.74, 6) is -13.4. The van der Waals surface area contributed by atoms with Gasteiger partial charge in [0.05, 0.1) is 12.4 Å². The van der Waals surface area contributed by atoms with Crippen molar-refractivity contribution < 1.29 is 57.5 Å². The molecular weight excluding hydrogens is 1440 g/mol. The van der Waals surface area contributed by atoms with Crippen LogP contribution in [0.25, 0.3) is 21.7 Å². The maximum Gasteiger partial charge on any atom is 0.244 e. The number of ketones is 4. The Morgan fingerprint density at radius 1 is 0.445 bits per heavy atom. The Kier molecular flexibility index (Phi) is 34.4. The lowest BCUT2D eigenvalue weighted by Crippen LogP contribution is -2.61. The highest BCUT2D eigenvalue weighted by Crippen LogP contribution is 2.32. The Balaban J connectivity index is 1.26. The van der Waals surface area contributed by atoms with Gasteiger partial charge in [-0.1, -0.05) is 126 Å². The van der Waals surface area contributed by atoms with Crippen LogP contribution in [0.3, 0.4) is 0 Å². The molecule has 29 nitrogen and oxygen atoms in total. The number of hydrogen-bond acceptors (Lipinski definition) is 19. The molecule has 12 atom stereocenters. The maximum absolute atomic E-state index is 15.8. The van der Waals surface area contributed by atoms with Gasteiger partial charge in [-0.3, -0.25) is 62.5 Å². The van der Waals surface area contributed by atoms with E-state index in [1.807, 2.05) is 60.7 Å². The molecule has 0 unspecified atom stereocenters. The van der Waals surface area contributed by atoms with Crippen molar-refractivity contribution in [3.05, 3.63) is 138 Å². The van der Waals surface area contributed by atoms with Gasteiger partial charge in [0, 0.05) is 116 Å². The second-order valence-electron chi connectivity index (χ2n) is 28.6. The van der Waals surface area contributed by atoms with Gasteiger partial charge >= 0.3 is 0 Å². The zero-order valence-electron chi connectivity index (χ0n) is 62.6. The number of aliphatic imine (C=N–C) groups is 1. The second-order valence-corrected chi connectivity index (χ2v) is 31.1. The van der Waals surface area contributed by atoms with Gasteiger partial charge in [0.15, 0.2) is 11.7 Å². The molecule has 2 saturated heterocycles. The largest absolute Gasteiger partial charge is 0.370 e. The van der Waals surface area contributed by atoms with Gasteiger partial charge in [0.25, 0.3) is 0 Å². The number of hydrogen-bond donors (Lipinski definition) is 15. The summed E-state index contributed by atoms with van der Waals surface area (Å²) >= 11 is 0. The summed E-state index contributed by atoms with van der Waals surface area (Å²) in [6.07, 6.45) is 5.35. The van der Waals surface area contributed by atoms with Gasteiger partial charge in [-0.05, 0) is 131 Å². The maximum atomic E-state index is 15.8. The minimum absolute atomic E-state index is 0.0107. The minimum atomic E-state index is -1.55. The molecule has 0 saturated carbocycles. The summed E-state index contributed by atoms with van der Waals surface area (Å²) in [5, 5.41) is 25.0. The van der Waals surface area contributed by atoms with Gasteiger partial charge in [-0.15, -0.1) is 0 Å². The van der Waals surface area contributed by atoms with Crippen molar-refractivity contribution in [1.82, 2.24) is 57.5 Å². The van der Waals surface area contributed by atoms with Gasteiger partial charge in [-0.2, -0.15) is 0 Å². The fraction of sp³-hybridized carbons (Fsp3) is 0.494. The number of rotatable bonds is 24. The molecule has 8 amide bonds. The molecule has 2 aliphatic heterocycles. The quantitative estimate of drug-likeness (QED) is 0.0179. The highest BCUT2D eigenvalue weighted by molar-refractivity contribution is 8.76. The van der Waals surface area contributed by atoms with Crippen LogP contribution in [0.2, 0.25) is 0 Å². The number of nitrogens with one attached hydrogen (secondary N) is 10. The summed E-state index contributed by atoms with van der Waals surface area (Å²) in [6, 6.07) is 17.9. The number of imidazole rings is 1. The van der Waals surface area contributed by atoms with Gasteiger partial charge in [-0.25, -0.2) is 4.98 Å². The number of fused-ring (bicyclic) bond motifs is 7. The van der Waals surface area contributed by atoms with E-state index in [4.69, 9.17) is 28.7 Å². The van der Waals surface area contributed by atoms with Crippen LogP contribution in [0.15, 0.2) is 121 Å². The molecule has 4 heterocycles. The number of nitrogens with two attached hydrogens (primary N) is 5. The molecule has 2 bridgehead atoms. The molecule has 0 aliphatic carbocycles. The van der Waals surface area contributed by atoms with E-state index in [9.17, 15) is 19.2 Å². The lowest BCUT2D eigenvalue weighted by molar-refractivity contribution is -0.136. The van der Waals surface area contributed by atoms with Crippen LogP contribution in [0, 0.1) is 23.7 Å². The first-order valence-electron chi connectivity index (χ1n) is 38.0. The fourth-order valence-corrected chi connectivity index (χ4v) is 16.2. The lowest BCUT2D eigenvalue weighted by atomic mass is 9.81. The summed E-state index contributed by atoms with van der Waals surface area (Å²) in [7, 11) is 2.13. The highest BCUT2D eigenvalue weighted by Gasteiger charge is 2.39. The van der Waals surface area contributed by atoms with E-state index in [2.05, 4.69) is 62.5 Å². The predicted octanol–water partition coefficient (Wildman–Crippen LogP) is 3.38. The van der Waals surface area contributed by atoms with Crippen molar-refractivity contribution in [3.63, 3.8) is 0 Å². The second kappa shape index (κ2) is 44.1. The van der Waals surface area contributed by atoms with Crippen molar-refractivity contribution in [2.75, 3.05) is 37.7 Å². The van der Waals surface area contributed by atoms with Crippen molar-refractivity contribution >= 4 is 120 Å². The first-order valence-corrected chi connectivity index (χ1v) is 40.5. The standard InChI is InChI=1S/C79H107N17O12S2/c1-47-34-68(98)55-40-69(99)53(36-51-23-16-22-50-20-6-7-24-57(50)51)39-70(100)60(29-17-33-86-79(83)84)90-75(105)63(35-49-18-4-3-5-19-49)94-77(107)65(41-56-43-85-46-88-56)93-71(101)48(2)89-78(108)66(45-110-109-44-55)96-76(106)64(37-54-42-87-59-26-9-8-25-58(54)59)95-74(104)62(28-12-15-32-82)92-73(103)61(27-11-14-31-81)91-72(102)52(38-67(47)97)21-10-13-30-80/h3-9,16,18-20,22-26,42-43,46-48,52-53,55,60-66,87H,10-15,17,21,27-41,44-45,80-82H2,1-2H3,(H,85,88)(H,89,108)(H,90,105)(H,91,102)(H,92,103)(H,93,101)(H,94,107)(H,95,104)(H,96,106)(H4,83,84,86)/t47-,48+,52-,53-,55+,60+,61+,62+,63-,64+,65+,66+/m1/s1. The average molecular weight is 1550 g/mol. The molecule has 6 aromatic rings. The molecule has 8 rings (SSSR count). The third-order valence-corrected chi connectivity index (χ3v) is 22.6. The smallest absolute Gasteiger partial charge is 0.244 e. The number of carbonyl (C=O) groups excluding carboxylic acids is 12. The third kappa shape index (κ3) is 26.5. The van der Waals surface area contributed by atoms with E-state index in [1.165, 1.54) is 19.4 Å². The molecule has 2 fully saturated rings. The van der Waals surface area contributed by atoms with Crippen LogP contribution in [-0.4, -0.2) is 177 Å². The van der Waals surface area contributed by atoms with E-state index < -0.39 is 162 Å². The molecule has 0 spiro atoms. The monoisotopic (exact) mass is 1550 g/mol. The first-order chi connectivity index (χ1) is 53.0. The lowest BCUT2D eigenvalue weighted by Gasteiger charge is -2.28. The van der Waals surface area contributed by atoms with E-state index >= 15 is 38.4 Å². The zero-order chi connectivity index (χ0) is 79.1.